The van der Waals surface area contributed by atoms with Gasteiger partial charge in [-0.05, 0) is 47.9 Å². The maximum Gasteiger partial charge on any atom is 0.234 e. The van der Waals surface area contributed by atoms with Crippen molar-refractivity contribution in [3.8, 4) is 0 Å². The highest BCUT2D eigenvalue weighted by molar-refractivity contribution is 5.78. The molecule has 2 N–H and O–H groups in total. The van der Waals surface area contributed by atoms with Gasteiger partial charge in [-0.1, -0.05) is 84.9 Å². The lowest BCUT2D eigenvalue weighted by atomic mass is 9.88. The molecule has 3 aromatic rings. The summed E-state index contributed by atoms with van der Waals surface area (Å²) in [4.78, 5) is 12.7. The number of rotatable bonds is 7. The Bertz CT molecular complexity index is 924. The second kappa shape index (κ2) is 9.53. The quantitative estimate of drug-likeness (QED) is 0.617. The van der Waals surface area contributed by atoms with Crippen molar-refractivity contribution in [3.63, 3.8) is 0 Å². The highest BCUT2D eigenvalue weighted by Gasteiger charge is 2.22. The molecular weight excluding hydrogens is 356 g/mol. The standard InChI is InChI=1S/C26H28N2O/c29-26(28-24-17-9-15-21-12-7-8-16-23(21)24)19-27-25(22-13-5-2-6-14-22)18-20-10-3-1-4-11-20/h1-8,10-14,16,24-25,27H,9,15,17-19H2,(H,28,29)/t24-,25+/m1/s1. The van der Waals surface area contributed by atoms with E-state index in [1.807, 2.05) is 24.3 Å². The molecule has 0 unspecified atom stereocenters. The van der Waals surface area contributed by atoms with Crippen molar-refractivity contribution in [3.05, 3.63) is 107 Å². The Morgan fingerprint density at radius 3 is 2.38 bits per heavy atom. The summed E-state index contributed by atoms with van der Waals surface area (Å²) in [6.07, 6.45) is 4.09. The fraction of sp³-hybridized carbons (Fsp3) is 0.269. The molecule has 2 atom stereocenters. The Morgan fingerprint density at radius 1 is 0.897 bits per heavy atom. The summed E-state index contributed by atoms with van der Waals surface area (Å²) < 4.78 is 0. The summed E-state index contributed by atoms with van der Waals surface area (Å²) >= 11 is 0. The molecule has 0 radical (unpaired) electrons. The van der Waals surface area contributed by atoms with Crippen LogP contribution in [0.4, 0.5) is 0 Å². The fourth-order valence-electron chi connectivity index (χ4n) is 4.21. The molecular formula is C26H28N2O. The predicted octanol–water partition coefficient (Wildman–Crippen LogP) is 4.75. The molecule has 0 aromatic heterocycles. The van der Waals surface area contributed by atoms with Gasteiger partial charge in [0.2, 0.25) is 5.91 Å². The van der Waals surface area contributed by atoms with E-state index in [4.69, 9.17) is 0 Å². The van der Waals surface area contributed by atoms with Crippen LogP contribution in [0.15, 0.2) is 84.9 Å². The number of aryl methyl sites for hydroxylation is 1. The van der Waals surface area contributed by atoms with Crippen LogP contribution in [0.3, 0.4) is 0 Å². The van der Waals surface area contributed by atoms with Gasteiger partial charge in [-0.25, -0.2) is 0 Å². The zero-order valence-electron chi connectivity index (χ0n) is 16.7. The lowest BCUT2D eigenvalue weighted by Gasteiger charge is -2.27. The minimum atomic E-state index is 0.0562. The Balaban J connectivity index is 1.40. The van der Waals surface area contributed by atoms with Crippen molar-refractivity contribution in [1.82, 2.24) is 10.6 Å². The average Bonchev–Trinajstić information content (AvgIpc) is 2.78. The summed E-state index contributed by atoms with van der Waals surface area (Å²) in [5.41, 5.74) is 5.10. The van der Waals surface area contributed by atoms with Crippen molar-refractivity contribution >= 4 is 5.91 Å². The first-order valence-electron chi connectivity index (χ1n) is 10.5. The number of hydrogen-bond acceptors (Lipinski definition) is 2. The maximum absolute atomic E-state index is 12.7. The number of fused-ring (bicyclic) bond motifs is 1. The molecule has 0 spiro atoms. The number of carbonyl (C=O) groups is 1. The lowest BCUT2D eigenvalue weighted by molar-refractivity contribution is -0.121. The summed E-state index contributed by atoms with van der Waals surface area (Å²) in [7, 11) is 0. The number of nitrogens with one attached hydrogen (secondary N) is 2. The molecule has 3 heteroatoms. The fourth-order valence-corrected chi connectivity index (χ4v) is 4.21. The third-order valence-corrected chi connectivity index (χ3v) is 5.70. The SMILES string of the molecule is O=C(CN[C@@H](Cc1ccccc1)c1ccccc1)N[C@@H]1CCCc2ccccc21. The smallest absolute Gasteiger partial charge is 0.234 e. The molecule has 1 amide bonds. The second-order valence-electron chi connectivity index (χ2n) is 7.75. The van der Waals surface area contributed by atoms with Gasteiger partial charge in [-0.2, -0.15) is 0 Å². The van der Waals surface area contributed by atoms with Crippen LogP contribution in [0.25, 0.3) is 0 Å². The first kappa shape index (κ1) is 19.4. The van der Waals surface area contributed by atoms with Crippen LogP contribution in [0.2, 0.25) is 0 Å². The van der Waals surface area contributed by atoms with Crippen LogP contribution in [0.5, 0.6) is 0 Å². The first-order chi connectivity index (χ1) is 14.3. The minimum Gasteiger partial charge on any atom is -0.348 e. The van der Waals surface area contributed by atoms with E-state index in [9.17, 15) is 4.79 Å². The normalized spacial score (nSPS) is 16.6. The molecule has 0 saturated carbocycles. The van der Waals surface area contributed by atoms with Crippen molar-refractivity contribution in [2.45, 2.75) is 37.8 Å². The zero-order valence-corrected chi connectivity index (χ0v) is 16.7. The van der Waals surface area contributed by atoms with E-state index in [1.54, 1.807) is 0 Å². The molecule has 148 valence electrons. The summed E-state index contributed by atoms with van der Waals surface area (Å²) in [5.74, 6) is 0.0562. The molecule has 4 rings (SSSR count). The number of amides is 1. The monoisotopic (exact) mass is 384 g/mol. The van der Waals surface area contributed by atoms with Gasteiger partial charge >= 0.3 is 0 Å². The Labute approximate surface area is 173 Å². The van der Waals surface area contributed by atoms with Crippen LogP contribution >= 0.6 is 0 Å². The van der Waals surface area contributed by atoms with E-state index in [0.717, 1.165) is 25.7 Å². The van der Waals surface area contributed by atoms with Crippen LogP contribution in [0.1, 0.15) is 47.2 Å². The third-order valence-electron chi connectivity index (χ3n) is 5.70. The van der Waals surface area contributed by atoms with E-state index in [0.29, 0.717) is 6.54 Å². The molecule has 0 saturated heterocycles. The van der Waals surface area contributed by atoms with Crippen LogP contribution in [0, 0.1) is 0 Å². The van der Waals surface area contributed by atoms with Crippen molar-refractivity contribution in [2.75, 3.05) is 6.54 Å². The first-order valence-corrected chi connectivity index (χ1v) is 10.5. The van der Waals surface area contributed by atoms with Gasteiger partial charge in [-0.3, -0.25) is 4.79 Å². The predicted molar refractivity (Wildman–Crippen MR) is 118 cm³/mol. The van der Waals surface area contributed by atoms with E-state index < -0.39 is 0 Å². The third kappa shape index (κ3) is 5.12. The zero-order chi connectivity index (χ0) is 19.9. The van der Waals surface area contributed by atoms with Crippen LogP contribution in [-0.2, 0) is 17.6 Å². The number of benzene rings is 3. The largest absolute Gasteiger partial charge is 0.348 e. The summed E-state index contributed by atoms with van der Waals surface area (Å²) in [5, 5.41) is 6.73. The molecule has 0 heterocycles. The van der Waals surface area contributed by atoms with Crippen LogP contribution in [-0.4, -0.2) is 12.5 Å². The van der Waals surface area contributed by atoms with Gasteiger partial charge in [0.15, 0.2) is 0 Å². The second-order valence-corrected chi connectivity index (χ2v) is 7.75. The van der Waals surface area contributed by atoms with Crippen molar-refractivity contribution in [2.24, 2.45) is 0 Å². The maximum atomic E-state index is 12.7. The summed E-state index contributed by atoms with van der Waals surface area (Å²) in [6.45, 7) is 0.311. The van der Waals surface area contributed by atoms with E-state index in [2.05, 4.69) is 71.3 Å². The minimum absolute atomic E-state index is 0.0562. The Hall–Kier alpha value is -2.91. The molecule has 0 fully saturated rings. The van der Waals surface area contributed by atoms with Gasteiger partial charge in [0.25, 0.3) is 0 Å². The average molecular weight is 385 g/mol. The van der Waals surface area contributed by atoms with Gasteiger partial charge in [0.05, 0.1) is 12.6 Å². The Morgan fingerprint density at radius 2 is 1.59 bits per heavy atom. The summed E-state index contributed by atoms with van der Waals surface area (Å²) in [6, 6.07) is 29.5. The number of hydrogen-bond donors (Lipinski definition) is 2. The highest BCUT2D eigenvalue weighted by Crippen LogP contribution is 2.29. The molecule has 3 nitrogen and oxygen atoms in total. The topological polar surface area (TPSA) is 41.1 Å². The molecule has 3 aromatic carbocycles. The molecule has 29 heavy (non-hydrogen) atoms. The van der Waals surface area contributed by atoms with Gasteiger partial charge in [0, 0.05) is 6.04 Å². The van der Waals surface area contributed by atoms with Crippen molar-refractivity contribution in [1.29, 1.82) is 0 Å². The van der Waals surface area contributed by atoms with E-state index >= 15 is 0 Å². The molecule has 0 aliphatic heterocycles. The van der Waals surface area contributed by atoms with Gasteiger partial charge in [-0.15, -0.1) is 0 Å². The van der Waals surface area contributed by atoms with Crippen molar-refractivity contribution < 1.29 is 4.79 Å². The van der Waals surface area contributed by atoms with Gasteiger partial charge < -0.3 is 10.6 Å². The Kier molecular flexibility index (Phi) is 6.38. The number of carbonyl (C=O) groups excluding carboxylic acids is 1. The molecule has 0 bridgehead atoms. The van der Waals surface area contributed by atoms with Crippen LogP contribution < -0.4 is 10.6 Å². The van der Waals surface area contributed by atoms with E-state index in [1.165, 1.54) is 22.3 Å². The lowest BCUT2D eigenvalue weighted by Crippen LogP contribution is -2.39. The highest BCUT2D eigenvalue weighted by atomic mass is 16.2. The molecule has 1 aliphatic rings. The molecule has 1 aliphatic carbocycles. The van der Waals surface area contributed by atoms with Gasteiger partial charge in [0.1, 0.15) is 0 Å². The van der Waals surface area contributed by atoms with E-state index in [-0.39, 0.29) is 18.0 Å².